The van der Waals surface area contributed by atoms with Gasteiger partial charge in [-0.2, -0.15) is 5.10 Å². The molecule has 0 radical (unpaired) electrons. The van der Waals surface area contributed by atoms with Crippen LogP contribution in [0.5, 0.6) is 0 Å². The van der Waals surface area contributed by atoms with Crippen LogP contribution in [0.25, 0.3) is 11.0 Å². The number of carbonyl (C=O) groups excluding carboxylic acids is 1. The summed E-state index contributed by atoms with van der Waals surface area (Å²) in [6.07, 6.45) is 4.78. The Morgan fingerprint density at radius 3 is 2.74 bits per heavy atom. The van der Waals surface area contributed by atoms with Gasteiger partial charge in [0.2, 0.25) is 0 Å². The highest BCUT2D eigenvalue weighted by molar-refractivity contribution is 5.95. The Kier molecular flexibility index (Phi) is 4.50. The van der Waals surface area contributed by atoms with E-state index in [1.807, 2.05) is 23.4 Å². The first-order valence-electron chi connectivity index (χ1n) is 9.79. The first kappa shape index (κ1) is 17.8. The van der Waals surface area contributed by atoms with Crippen LogP contribution < -0.4 is 0 Å². The number of aryl methyl sites for hydroxylation is 3. The fraction of sp³-hybridized carbons (Fsp3) is 0.476. The van der Waals surface area contributed by atoms with Crippen molar-refractivity contribution in [1.82, 2.24) is 24.6 Å². The van der Waals surface area contributed by atoms with Crippen LogP contribution in [0.4, 0.5) is 0 Å². The van der Waals surface area contributed by atoms with E-state index >= 15 is 0 Å². The maximum Gasteiger partial charge on any atom is 0.257 e. The number of amides is 1. The van der Waals surface area contributed by atoms with Gasteiger partial charge in [-0.05, 0) is 70.2 Å². The molecule has 0 bridgehead atoms. The molecule has 1 fully saturated rings. The molecule has 6 nitrogen and oxygen atoms in total. The van der Waals surface area contributed by atoms with Crippen molar-refractivity contribution < 1.29 is 4.79 Å². The van der Waals surface area contributed by atoms with Crippen molar-refractivity contribution in [3.05, 3.63) is 46.5 Å². The topological polar surface area (TPSA) is 66.8 Å². The van der Waals surface area contributed by atoms with Crippen molar-refractivity contribution in [2.75, 3.05) is 6.54 Å². The summed E-state index contributed by atoms with van der Waals surface area (Å²) in [5, 5.41) is 4.35. The van der Waals surface area contributed by atoms with E-state index in [0.717, 1.165) is 54.9 Å². The molecule has 3 aromatic rings. The number of hydrogen-bond acceptors (Lipinski definition) is 3. The lowest BCUT2D eigenvalue weighted by Crippen LogP contribution is -2.39. The smallest absolute Gasteiger partial charge is 0.257 e. The number of H-pyrrole nitrogens is 1. The van der Waals surface area contributed by atoms with Crippen molar-refractivity contribution in [3.8, 4) is 0 Å². The Labute approximate surface area is 159 Å². The molecule has 1 aliphatic heterocycles. The van der Waals surface area contributed by atoms with Gasteiger partial charge in [0.15, 0.2) is 0 Å². The molecule has 0 saturated carbocycles. The largest absolute Gasteiger partial charge is 0.340 e. The van der Waals surface area contributed by atoms with Crippen molar-refractivity contribution in [1.29, 1.82) is 0 Å². The van der Waals surface area contributed by atoms with E-state index in [2.05, 4.69) is 36.1 Å². The van der Waals surface area contributed by atoms with E-state index in [-0.39, 0.29) is 11.9 Å². The highest BCUT2D eigenvalue weighted by atomic mass is 16.2. The van der Waals surface area contributed by atoms with Crippen molar-refractivity contribution in [3.63, 3.8) is 0 Å². The molecule has 3 heterocycles. The Balaban J connectivity index is 1.70. The third kappa shape index (κ3) is 3.03. The summed E-state index contributed by atoms with van der Waals surface area (Å²) >= 11 is 0. The SMILES string of the molecule is CCn1ncc(C(=O)N2CCCC[C@@H]2c2nc3cc(C)c(C)cc3[nH]2)c1C. The van der Waals surface area contributed by atoms with Crippen molar-refractivity contribution in [2.24, 2.45) is 0 Å². The number of fused-ring (bicyclic) bond motifs is 1. The molecule has 1 amide bonds. The van der Waals surface area contributed by atoms with Crippen molar-refractivity contribution >= 4 is 16.9 Å². The molecule has 0 spiro atoms. The van der Waals surface area contributed by atoms with E-state index in [0.29, 0.717) is 5.56 Å². The number of benzene rings is 1. The number of likely N-dealkylation sites (tertiary alicyclic amines) is 1. The van der Waals surface area contributed by atoms with Gasteiger partial charge < -0.3 is 9.88 Å². The third-order valence-corrected chi connectivity index (χ3v) is 5.83. The minimum absolute atomic E-state index is 0.0105. The molecule has 6 heteroatoms. The Morgan fingerprint density at radius 1 is 1.22 bits per heavy atom. The van der Waals surface area contributed by atoms with Gasteiger partial charge in [0.05, 0.1) is 28.8 Å². The summed E-state index contributed by atoms with van der Waals surface area (Å²) in [5.74, 6) is 0.952. The van der Waals surface area contributed by atoms with Gasteiger partial charge >= 0.3 is 0 Å². The van der Waals surface area contributed by atoms with Crippen LogP contribution >= 0.6 is 0 Å². The zero-order valence-corrected chi connectivity index (χ0v) is 16.5. The van der Waals surface area contributed by atoms with Crippen LogP contribution in [0.15, 0.2) is 18.3 Å². The average molecular weight is 365 g/mol. The van der Waals surface area contributed by atoms with Gasteiger partial charge in [-0.25, -0.2) is 4.98 Å². The zero-order chi connectivity index (χ0) is 19.1. The molecule has 0 aliphatic carbocycles. The molecule has 1 atom stereocenters. The molecule has 4 rings (SSSR count). The van der Waals surface area contributed by atoms with Gasteiger partial charge in [-0.1, -0.05) is 0 Å². The number of nitrogens with one attached hydrogen (secondary N) is 1. The second-order valence-corrected chi connectivity index (χ2v) is 7.55. The Morgan fingerprint density at radius 2 is 2.00 bits per heavy atom. The van der Waals surface area contributed by atoms with Gasteiger partial charge in [0, 0.05) is 18.8 Å². The first-order valence-corrected chi connectivity index (χ1v) is 9.79. The Bertz CT molecular complexity index is 961. The number of carbonyl (C=O) groups is 1. The lowest BCUT2D eigenvalue weighted by molar-refractivity contribution is 0.0600. The van der Waals surface area contributed by atoms with E-state index in [1.165, 1.54) is 11.1 Å². The highest BCUT2D eigenvalue weighted by Gasteiger charge is 2.32. The van der Waals surface area contributed by atoms with Crippen LogP contribution in [0.3, 0.4) is 0 Å². The first-order chi connectivity index (χ1) is 13.0. The Hall–Kier alpha value is -2.63. The summed E-state index contributed by atoms with van der Waals surface area (Å²) in [7, 11) is 0. The van der Waals surface area contributed by atoms with Crippen LogP contribution in [0.2, 0.25) is 0 Å². The third-order valence-electron chi connectivity index (χ3n) is 5.83. The maximum atomic E-state index is 13.3. The van der Waals surface area contributed by atoms with E-state index in [4.69, 9.17) is 4.98 Å². The number of aromatic nitrogens is 4. The van der Waals surface area contributed by atoms with Crippen molar-refractivity contribution in [2.45, 2.75) is 59.5 Å². The maximum absolute atomic E-state index is 13.3. The summed E-state index contributed by atoms with van der Waals surface area (Å²) in [4.78, 5) is 23.6. The molecule has 1 saturated heterocycles. The minimum atomic E-state index is -0.0105. The second kappa shape index (κ2) is 6.83. The number of piperidine rings is 1. The van der Waals surface area contributed by atoms with E-state index in [9.17, 15) is 4.79 Å². The highest BCUT2D eigenvalue weighted by Crippen LogP contribution is 2.32. The minimum Gasteiger partial charge on any atom is -0.340 e. The molecule has 1 aromatic carbocycles. The number of rotatable bonds is 3. The quantitative estimate of drug-likeness (QED) is 0.761. The lowest BCUT2D eigenvalue weighted by Gasteiger charge is -2.34. The van der Waals surface area contributed by atoms with Gasteiger partial charge in [-0.3, -0.25) is 9.48 Å². The number of aromatic amines is 1. The van der Waals surface area contributed by atoms with Crippen LogP contribution in [-0.2, 0) is 6.54 Å². The molecule has 2 aromatic heterocycles. The average Bonchev–Trinajstić information content (AvgIpc) is 3.24. The molecule has 142 valence electrons. The fourth-order valence-electron chi connectivity index (χ4n) is 4.04. The molecule has 1 aliphatic rings. The molecular weight excluding hydrogens is 338 g/mol. The molecule has 1 N–H and O–H groups in total. The van der Waals surface area contributed by atoms with E-state index in [1.54, 1.807) is 6.20 Å². The summed E-state index contributed by atoms with van der Waals surface area (Å²) in [6.45, 7) is 9.75. The van der Waals surface area contributed by atoms with Crippen LogP contribution in [0.1, 0.15) is 65.2 Å². The summed E-state index contributed by atoms with van der Waals surface area (Å²) in [6, 6.07) is 4.25. The van der Waals surface area contributed by atoms with E-state index < -0.39 is 0 Å². The number of hydrogen-bond donors (Lipinski definition) is 1. The second-order valence-electron chi connectivity index (χ2n) is 7.55. The fourth-order valence-corrected chi connectivity index (χ4v) is 4.04. The van der Waals surface area contributed by atoms with Gasteiger partial charge in [-0.15, -0.1) is 0 Å². The molecule has 27 heavy (non-hydrogen) atoms. The predicted molar refractivity (Wildman–Crippen MR) is 106 cm³/mol. The number of imidazole rings is 1. The van der Waals surface area contributed by atoms with Gasteiger partial charge in [0.25, 0.3) is 5.91 Å². The van der Waals surface area contributed by atoms with Crippen LogP contribution in [0, 0.1) is 20.8 Å². The summed E-state index contributed by atoms with van der Waals surface area (Å²) in [5.41, 5.74) is 6.13. The number of nitrogens with zero attached hydrogens (tertiary/aromatic N) is 4. The standard InChI is InChI=1S/C21H27N5O/c1-5-26-15(4)16(12-22-26)21(27)25-9-7-6-8-19(25)20-23-17-10-13(2)14(3)11-18(17)24-20/h10-12,19H,5-9H2,1-4H3,(H,23,24)/t19-/m1/s1. The summed E-state index contributed by atoms with van der Waals surface area (Å²) < 4.78 is 1.87. The zero-order valence-electron chi connectivity index (χ0n) is 16.5. The lowest BCUT2D eigenvalue weighted by atomic mass is 10.0. The predicted octanol–water partition coefficient (Wildman–Crippen LogP) is 4.07. The molecular formula is C21H27N5O. The van der Waals surface area contributed by atoms with Crippen LogP contribution in [-0.4, -0.2) is 37.1 Å². The molecule has 0 unspecified atom stereocenters. The normalized spacial score (nSPS) is 17.6. The monoisotopic (exact) mass is 365 g/mol. The van der Waals surface area contributed by atoms with Gasteiger partial charge in [0.1, 0.15) is 5.82 Å².